The van der Waals surface area contributed by atoms with Gasteiger partial charge in [0, 0.05) is 0 Å². The minimum absolute atomic E-state index is 0.0139. The van der Waals surface area contributed by atoms with Crippen LogP contribution in [0.25, 0.3) is 0 Å². The monoisotopic (exact) mass is 569 g/mol. The number of aliphatic carboxylic acids is 1. The smallest absolute Gasteiger partial charge is 0.326 e. The zero-order valence-electron chi connectivity index (χ0n) is 27.5. The van der Waals surface area contributed by atoms with Gasteiger partial charge in [-0.1, -0.05) is 74.0 Å². The Bertz CT molecular complexity index is 1110. The maximum atomic E-state index is 14.3. The van der Waals surface area contributed by atoms with Crippen molar-refractivity contribution in [2.75, 3.05) is 0 Å². The fourth-order valence-corrected chi connectivity index (χ4v) is 11.6. The molecule has 0 bridgehead atoms. The number of carboxylic acids is 1. The second-order valence-electron chi connectivity index (χ2n) is 17.7. The summed E-state index contributed by atoms with van der Waals surface area (Å²) < 4.78 is 0. The van der Waals surface area contributed by atoms with E-state index in [1.165, 1.54) is 12.0 Å². The predicted molar refractivity (Wildman–Crippen MR) is 164 cm³/mol. The van der Waals surface area contributed by atoms with E-state index in [1.807, 2.05) is 13.8 Å². The first-order valence-corrected chi connectivity index (χ1v) is 16.8. The lowest BCUT2D eigenvalue weighted by atomic mass is 9.33. The van der Waals surface area contributed by atoms with Crippen molar-refractivity contribution in [3.63, 3.8) is 0 Å². The summed E-state index contributed by atoms with van der Waals surface area (Å²) >= 11 is 0. The van der Waals surface area contributed by atoms with Crippen molar-refractivity contribution in [1.82, 2.24) is 5.32 Å². The summed E-state index contributed by atoms with van der Waals surface area (Å²) in [5.74, 6) is 0.506. The van der Waals surface area contributed by atoms with Gasteiger partial charge in [0.2, 0.25) is 5.91 Å². The average molecular weight is 570 g/mol. The van der Waals surface area contributed by atoms with Crippen LogP contribution in [0.4, 0.5) is 0 Å². The molecule has 3 N–H and O–H groups in total. The van der Waals surface area contributed by atoms with Crippen molar-refractivity contribution in [3.05, 3.63) is 11.6 Å². The van der Waals surface area contributed by atoms with Crippen molar-refractivity contribution in [1.29, 1.82) is 0 Å². The van der Waals surface area contributed by atoms with Crippen molar-refractivity contribution in [2.24, 2.45) is 56.2 Å². The Labute approximate surface area is 249 Å². The molecule has 232 valence electrons. The number of fused-ring (bicyclic) bond motifs is 7. The molecule has 1 amide bonds. The molecule has 5 heteroatoms. The standard InChI is InChI=1S/C36H59NO4/c1-22(2)20-25(29(39)40)37-30(41)36-18-16-31(3,4)21-24(36)23-10-11-27-33(7)14-13-28(38)32(5,6)26(33)12-15-35(27,9)34(23,8)17-19-36/h10,22,24-28,38H,11-21H2,1-9H3,(H,37,41)(H,39,40)/t24-,25?,26?,27+,28-,33-,34+,35+,36-/m0/s1. The number of carbonyl (C=O) groups is 2. The van der Waals surface area contributed by atoms with E-state index in [2.05, 4.69) is 59.9 Å². The number of nitrogens with one attached hydrogen (secondary N) is 1. The lowest BCUT2D eigenvalue weighted by molar-refractivity contribution is -0.203. The van der Waals surface area contributed by atoms with Crippen LogP contribution in [0, 0.1) is 56.2 Å². The number of aliphatic hydroxyl groups excluding tert-OH is 1. The fraction of sp³-hybridized carbons (Fsp3) is 0.889. The molecule has 4 fully saturated rings. The topological polar surface area (TPSA) is 86.6 Å². The predicted octanol–water partition coefficient (Wildman–Crippen LogP) is 7.76. The summed E-state index contributed by atoms with van der Waals surface area (Å²) in [6.45, 7) is 21.0. The number of aliphatic hydroxyl groups is 1. The van der Waals surface area contributed by atoms with Crippen molar-refractivity contribution in [2.45, 2.75) is 145 Å². The van der Waals surface area contributed by atoms with E-state index < -0.39 is 17.4 Å². The highest BCUT2D eigenvalue weighted by atomic mass is 16.4. The van der Waals surface area contributed by atoms with Crippen LogP contribution >= 0.6 is 0 Å². The van der Waals surface area contributed by atoms with Crippen molar-refractivity contribution < 1.29 is 19.8 Å². The maximum absolute atomic E-state index is 14.3. The van der Waals surface area contributed by atoms with E-state index in [0.29, 0.717) is 18.3 Å². The third-order valence-electron chi connectivity index (χ3n) is 14.4. The SMILES string of the molecule is CC(C)CC(NC(=O)[C@]12CCC(C)(C)C[C@H]1C1=CC[C@@H]3[C@@]4(C)CC[C@H](O)C(C)(C)C4CC[C@@]3(C)[C@]1(C)CC2)C(=O)O. The second kappa shape index (κ2) is 9.83. The first kappa shape index (κ1) is 31.1. The highest BCUT2D eigenvalue weighted by molar-refractivity contribution is 5.88. The lowest BCUT2D eigenvalue weighted by Crippen LogP contribution is -2.65. The number of allylic oxidation sites excluding steroid dienone is 2. The van der Waals surface area contributed by atoms with Crippen LogP contribution in [0.5, 0.6) is 0 Å². The van der Waals surface area contributed by atoms with E-state index in [4.69, 9.17) is 0 Å². The molecule has 41 heavy (non-hydrogen) atoms. The molecule has 0 heterocycles. The van der Waals surface area contributed by atoms with Crippen LogP contribution in [0.1, 0.15) is 133 Å². The van der Waals surface area contributed by atoms with E-state index in [1.54, 1.807) is 0 Å². The molecule has 0 radical (unpaired) electrons. The van der Waals surface area contributed by atoms with Gasteiger partial charge in [-0.2, -0.15) is 0 Å². The van der Waals surface area contributed by atoms with Gasteiger partial charge in [-0.3, -0.25) is 4.79 Å². The van der Waals surface area contributed by atoms with Crippen LogP contribution < -0.4 is 5.32 Å². The summed E-state index contributed by atoms with van der Waals surface area (Å²) in [6, 6.07) is -0.830. The number of rotatable bonds is 5. The second-order valence-corrected chi connectivity index (χ2v) is 17.7. The molecule has 5 aliphatic carbocycles. The molecule has 5 nitrogen and oxygen atoms in total. The minimum Gasteiger partial charge on any atom is -0.480 e. The molecule has 0 aromatic heterocycles. The molecular formula is C36H59NO4. The molecule has 0 aliphatic heterocycles. The van der Waals surface area contributed by atoms with Crippen molar-refractivity contribution >= 4 is 11.9 Å². The van der Waals surface area contributed by atoms with Crippen LogP contribution in [0.2, 0.25) is 0 Å². The maximum Gasteiger partial charge on any atom is 0.326 e. The molecule has 0 spiro atoms. The molecule has 5 rings (SSSR count). The van der Waals surface area contributed by atoms with Crippen LogP contribution in [0.3, 0.4) is 0 Å². The molecule has 0 aromatic carbocycles. The third-order valence-corrected chi connectivity index (χ3v) is 14.4. The van der Waals surface area contributed by atoms with Crippen LogP contribution in [0.15, 0.2) is 11.6 Å². The average Bonchev–Trinajstić information content (AvgIpc) is 2.86. The summed E-state index contributed by atoms with van der Waals surface area (Å²) in [7, 11) is 0. The summed E-state index contributed by atoms with van der Waals surface area (Å²) in [5, 5.41) is 24.0. The Hall–Kier alpha value is -1.36. The van der Waals surface area contributed by atoms with Gasteiger partial charge >= 0.3 is 5.97 Å². The van der Waals surface area contributed by atoms with E-state index in [9.17, 15) is 19.8 Å². The first-order valence-electron chi connectivity index (χ1n) is 16.8. The van der Waals surface area contributed by atoms with Crippen molar-refractivity contribution in [3.8, 4) is 0 Å². The summed E-state index contributed by atoms with van der Waals surface area (Å²) in [4.78, 5) is 26.5. The highest BCUT2D eigenvalue weighted by Crippen LogP contribution is 2.75. The Kier molecular flexibility index (Phi) is 7.45. The van der Waals surface area contributed by atoms with Gasteiger partial charge in [0.05, 0.1) is 11.5 Å². The number of carbonyl (C=O) groups excluding carboxylic acids is 1. The largest absolute Gasteiger partial charge is 0.480 e. The van der Waals surface area contributed by atoms with Gasteiger partial charge < -0.3 is 15.5 Å². The molecule has 0 saturated heterocycles. The van der Waals surface area contributed by atoms with Gasteiger partial charge in [0.1, 0.15) is 6.04 Å². The fourth-order valence-electron chi connectivity index (χ4n) is 11.6. The molecular weight excluding hydrogens is 510 g/mol. The summed E-state index contributed by atoms with van der Waals surface area (Å²) in [5.41, 5.74) is 1.45. The Morgan fingerprint density at radius 2 is 1.59 bits per heavy atom. The van der Waals surface area contributed by atoms with Gasteiger partial charge in [0.25, 0.3) is 0 Å². The summed E-state index contributed by atoms with van der Waals surface area (Å²) in [6.07, 6.45) is 12.8. The van der Waals surface area contributed by atoms with Gasteiger partial charge in [-0.05, 0) is 121 Å². The number of carboxylic acid groups (broad SMARTS) is 1. The van der Waals surface area contributed by atoms with Gasteiger partial charge in [-0.15, -0.1) is 0 Å². The lowest BCUT2D eigenvalue weighted by Gasteiger charge is -2.71. The van der Waals surface area contributed by atoms with Crippen LogP contribution in [-0.2, 0) is 9.59 Å². The normalized spacial score (nSPS) is 45.3. The molecule has 0 aromatic rings. The zero-order chi connectivity index (χ0) is 30.4. The molecule has 5 aliphatic rings. The third kappa shape index (κ3) is 4.48. The highest BCUT2D eigenvalue weighted by Gasteiger charge is 2.69. The Balaban J connectivity index is 1.54. The van der Waals surface area contributed by atoms with Crippen LogP contribution in [-0.4, -0.2) is 34.2 Å². The molecule has 2 unspecified atom stereocenters. The zero-order valence-corrected chi connectivity index (χ0v) is 27.5. The van der Waals surface area contributed by atoms with E-state index >= 15 is 0 Å². The van der Waals surface area contributed by atoms with Gasteiger partial charge in [-0.25, -0.2) is 4.79 Å². The molecule has 4 saturated carbocycles. The Morgan fingerprint density at radius 1 is 0.927 bits per heavy atom. The van der Waals surface area contributed by atoms with E-state index in [-0.39, 0.29) is 50.9 Å². The number of amides is 1. The quantitative estimate of drug-likeness (QED) is 0.295. The Morgan fingerprint density at radius 3 is 2.22 bits per heavy atom. The van der Waals surface area contributed by atoms with E-state index in [0.717, 1.165) is 57.8 Å². The number of hydrogen-bond acceptors (Lipinski definition) is 3. The molecule has 9 atom stereocenters. The van der Waals surface area contributed by atoms with Gasteiger partial charge in [0.15, 0.2) is 0 Å². The number of hydrogen-bond donors (Lipinski definition) is 3. The first-order chi connectivity index (χ1) is 18.8. The minimum atomic E-state index is -0.922.